The fourth-order valence-corrected chi connectivity index (χ4v) is 2.16. The number of hydrogen-bond donors (Lipinski definition) is 0. The van der Waals surface area contributed by atoms with Gasteiger partial charge in [0.2, 0.25) is 0 Å². The zero-order valence-electron chi connectivity index (χ0n) is 10.8. The number of rotatable bonds is 3. The standard InChI is InChI=1S/C17H15NO/c1-2-19-16-8-5-7-13(11-16)15-10-14-6-3-4-9-17(14)18-12-15/h3-12H,2H2,1H3. The van der Waals surface area contributed by atoms with Gasteiger partial charge in [0.05, 0.1) is 12.1 Å². The molecule has 2 heteroatoms. The first-order valence-electron chi connectivity index (χ1n) is 6.45. The molecule has 1 aromatic heterocycles. The Labute approximate surface area is 112 Å². The van der Waals surface area contributed by atoms with Gasteiger partial charge in [-0.3, -0.25) is 4.98 Å². The Bertz CT molecular complexity index is 706. The summed E-state index contributed by atoms with van der Waals surface area (Å²) in [5.74, 6) is 0.896. The van der Waals surface area contributed by atoms with Crippen LogP contribution in [0.5, 0.6) is 5.75 Å². The topological polar surface area (TPSA) is 22.1 Å². The van der Waals surface area contributed by atoms with Gasteiger partial charge < -0.3 is 4.74 Å². The lowest BCUT2D eigenvalue weighted by molar-refractivity contribution is 0.340. The van der Waals surface area contributed by atoms with Crippen molar-refractivity contribution in [3.8, 4) is 16.9 Å². The maximum absolute atomic E-state index is 5.54. The number of aromatic nitrogens is 1. The van der Waals surface area contributed by atoms with Crippen LogP contribution in [0.15, 0.2) is 60.8 Å². The molecule has 0 amide bonds. The molecule has 1 heterocycles. The third kappa shape index (κ3) is 2.43. The van der Waals surface area contributed by atoms with Crippen LogP contribution in [0.3, 0.4) is 0 Å². The summed E-state index contributed by atoms with van der Waals surface area (Å²) in [5, 5.41) is 1.15. The summed E-state index contributed by atoms with van der Waals surface area (Å²) in [6.07, 6.45) is 1.91. The van der Waals surface area contributed by atoms with Crippen LogP contribution in [0.2, 0.25) is 0 Å². The van der Waals surface area contributed by atoms with Crippen LogP contribution in [0, 0.1) is 0 Å². The molecule has 0 saturated heterocycles. The van der Waals surface area contributed by atoms with E-state index in [0.717, 1.165) is 27.8 Å². The molecule has 3 aromatic rings. The first-order chi connectivity index (χ1) is 9.36. The number of hydrogen-bond acceptors (Lipinski definition) is 2. The number of fused-ring (bicyclic) bond motifs is 1. The normalized spacial score (nSPS) is 10.6. The van der Waals surface area contributed by atoms with Crippen LogP contribution in [0.25, 0.3) is 22.0 Å². The van der Waals surface area contributed by atoms with Gasteiger partial charge in [0, 0.05) is 17.1 Å². The van der Waals surface area contributed by atoms with Crippen LogP contribution in [0.4, 0.5) is 0 Å². The molecule has 0 N–H and O–H groups in total. The molecular weight excluding hydrogens is 234 g/mol. The Morgan fingerprint density at radius 3 is 2.74 bits per heavy atom. The molecule has 0 spiro atoms. The van der Waals surface area contributed by atoms with Crippen molar-refractivity contribution in [2.75, 3.05) is 6.61 Å². The van der Waals surface area contributed by atoms with E-state index in [1.54, 1.807) is 0 Å². The van der Waals surface area contributed by atoms with Gasteiger partial charge in [0.15, 0.2) is 0 Å². The van der Waals surface area contributed by atoms with Gasteiger partial charge in [0.25, 0.3) is 0 Å². The van der Waals surface area contributed by atoms with Gasteiger partial charge in [-0.25, -0.2) is 0 Å². The van der Waals surface area contributed by atoms with Gasteiger partial charge in [0.1, 0.15) is 5.75 Å². The molecule has 2 aromatic carbocycles. The average Bonchev–Trinajstić information content (AvgIpc) is 2.47. The number of para-hydroxylation sites is 1. The van der Waals surface area contributed by atoms with Crippen molar-refractivity contribution in [1.82, 2.24) is 4.98 Å². The molecule has 0 radical (unpaired) electrons. The van der Waals surface area contributed by atoms with Gasteiger partial charge in [-0.05, 0) is 36.8 Å². The SMILES string of the molecule is CCOc1cccc(-c2cnc3ccccc3c2)c1. The zero-order valence-corrected chi connectivity index (χ0v) is 10.8. The summed E-state index contributed by atoms with van der Waals surface area (Å²) in [7, 11) is 0. The van der Waals surface area contributed by atoms with Crippen molar-refractivity contribution in [2.45, 2.75) is 6.92 Å². The Hall–Kier alpha value is -2.35. The Morgan fingerprint density at radius 1 is 0.947 bits per heavy atom. The third-order valence-corrected chi connectivity index (χ3v) is 3.07. The Morgan fingerprint density at radius 2 is 1.84 bits per heavy atom. The third-order valence-electron chi connectivity index (χ3n) is 3.07. The highest BCUT2D eigenvalue weighted by Gasteiger charge is 2.02. The first-order valence-corrected chi connectivity index (χ1v) is 6.45. The number of nitrogens with zero attached hydrogens (tertiary/aromatic N) is 1. The molecule has 19 heavy (non-hydrogen) atoms. The van der Waals surface area contributed by atoms with E-state index >= 15 is 0 Å². The lowest BCUT2D eigenvalue weighted by Crippen LogP contribution is -1.91. The number of ether oxygens (including phenoxy) is 1. The van der Waals surface area contributed by atoms with Crippen molar-refractivity contribution in [3.63, 3.8) is 0 Å². The predicted octanol–water partition coefficient (Wildman–Crippen LogP) is 4.30. The number of benzene rings is 2. The zero-order chi connectivity index (χ0) is 13.1. The molecule has 0 unspecified atom stereocenters. The van der Waals surface area contributed by atoms with E-state index in [2.05, 4.69) is 29.2 Å². The van der Waals surface area contributed by atoms with Crippen LogP contribution in [-0.2, 0) is 0 Å². The van der Waals surface area contributed by atoms with Crippen molar-refractivity contribution >= 4 is 10.9 Å². The van der Waals surface area contributed by atoms with E-state index in [0.29, 0.717) is 6.61 Å². The van der Waals surface area contributed by atoms with Crippen LogP contribution in [0.1, 0.15) is 6.92 Å². The summed E-state index contributed by atoms with van der Waals surface area (Å²) in [6.45, 7) is 2.67. The lowest BCUT2D eigenvalue weighted by Gasteiger charge is -2.07. The van der Waals surface area contributed by atoms with E-state index in [1.165, 1.54) is 0 Å². The maximum Gasteiger partial charge on any atom is 0.119 e. The molecule has 3 rings (SSSR count). The summed E-state index contributed by atoms with van der Waals surface area (Å²) in [5.41, 5.74) is 3.26. The van der Waals surface area contributed by atoms with E-state index < -0.39 is 0 Å². The Kier molecular flexibility index (Phi) is 3.15. The minimum atomic E-state index is 0.680. The second kappa shape index (κ2) is 5.11. The molecule has 0 bridgehead atoms. The van der Waals surface area contributed by atoms with E-state index in [4.69, 9.17) is 4.74 Å². The molecule has 94 valence electrons. The van der Waals surface area contributed by atoms with Gasteiger partial charge in [-0.2, -0.15) is 0 Å². The van der Waals surface area contributed by atoms with Crippen molar-refractivity contribution < 1.29 is 4.74 Å². The highest BCUT2D eigenvalue weighted by molar-refractivity contribution is 5.83. The van der Waals surface area contributed by atoms with Gasteiger partial charge >= 0.3 is 0 Å². The quantitative estimate of drug-likeness (QED) is 0.690. The number of pyridine rings is 1. The molecule has 0 aliphatic carbocycles. The van der Waals surface area contributed by atoms with Crippen LogP contribution in [-0.4, -0.2) is 11.6 Å². The second-order valence-electron chi connectivity index (χ2n) is 4.38. The summed E-state index contributed by atoms with van der Waals surface area (Å²) < 4.78 is 5.54. The van der Waals surface area contributed by atoms with Crippen molar-refractivity contribution in [3.05, 3.63) is 60.8 Å². The molecule has 0 atom stereocenters. The maximum atomic E-state index is 5.54. The summed E-state index contributed by atoms with van der Waals surface area (Å²) in [6, 6.07) is 18.4. The minimum absolute atomic E-state index is 0.680. The van der Waals surface area contributed by atoms with Crippen molar-refractivity contribution in [1.29, 1.82) is 0 Å². The van der Waals surface area contributed by atoms with Gasteiger partial charge in [-0.1, -0.05) is 30.3 Å². The van der Waals surface area contributed by atoms with E-state index in [-0.39, 0.29) is 0 Å². The summed E-state index contributed by atoms with van der Waals surface area (Å²) in [4.78, 5) is 4.49. The molecular formula is C17H15NO. The molecule has 0 aliphatic rings. The van der Waals surface area contributed by atoms with Crippen LogP contribution >= 0.6 is 0 Å². The smallest absolute Gasteiger partial charge is 0.119 e. The fraction of sp³-hybridized carbons (Fsp3) is 0.118. The fourth-order valence-electron chi connectivity index (χ4n) is 2.16. The summed E-state index contributed by atoms with van der Waals surface area (Å²) >= 11 is 0. The highest BCUT2D eigenvalue weighted by Crippen LogP contribution is 2.25. The van der Waals surface area contributed by atoms with Crippen molar-refractivity contribution in [2.24, 2.45) is 0 Å². The van der Waals surface area contributed by atoms with Crippen LogP contribution < -0.4 is 4.74 Å². The average molecular weight is 249 g/mol. The molecule has 2 nitrogen and oxygen atoms in total. The lowest BCUT2D eigenvalue weighted by atomic mass is 10.1. The largest absolute Gasteiger partial charge is 0.494 e. The Balaban J connectivity index is 2.05. The molecule has 0 aliphatic heterocycles. The highest BCUT2D eigenvalue weighted by atomic mass is 16.5. The first kappa shape index (κ1) is 11.7. The van der Waals surface area contributed by atoms with E-state index in [9.17, 15) is 0 Å². The predicted molar refractivity (Wildman–Crippen MR) is 78.3 cm³/mol. The second-order valence-corrected chi connectivity index (χ2v) is 4.38. The molecule has 0 fully saturated rings. The van der Waals surface area contributed by atoms with E-state index in [1.807, 2.05) is 43.5 Å². The molecule has 0 saturated carbocycles. The van der Waals surface area contributed by atoms with Gasteiger partial charge in [-0.15, -0.1) is 0 Å². The minimum Gasteiger partial charge on any atom is -0.494 e. The monoisotopic (exact) mass is 249 g/mol.